The van der Waals surface area contributed by atoms with Gasteiger partial charge in [-0.3, -0.25) is 9.78 Å². The molecule has 1 aromatic heterocycles. The van der Waals surface area contributed by atoms with Crippen LogP contribution in [0.5, 0.6) is 0 Å². The normalized spacial score (nSPS) is 11.0. The lowest BCUT2D eigenvalue weighted by molar-refractivity contribution is 0.0600. The highest BCUT2D eigenvalue weighted by molar-refractivity contribution is 9.10. The summed E-state index contributed by atoms with van der Waals surface area (Å²) < 4.78 is 5.28. The van der Waals surface area contributed by atoms with Crippen molar-refractivity contribution in [2.45, 2.75) is 19.4 Å². The summed E-state index contributed by atoms with van der Waals surface area (Å²) >= 11 is 3.34. The topological polar surface area (TPSA) is 68.3 Å². The minimum absolute atomic E-state index is 0.307. The molecule has 2 rings (SSSR count). The number of esters is 1. The maximum atomic E-state index is 12.6. The molecule has 1 aromatic carbocycles. The molecule has 0 atom stereocenters. The summed E-state index contributed by atoms with van der Waals surface area (Å²) in [5.41, 5.74) is 0.765. The molecule has 0 aliphatic carbocycles. The van der Waals surface area contributed by atoms with Crippen molar-refractivity contribution >= 4 is 27.8 Å². The number of nitrogens with zero attached hydrogens (tertiary/aromatic N) is 1. The third-order valence-electron chi connectivity index (χ3n) is 3.36. The maximum Gasteiger partial charge on any atom is 0.337 e. The summed E-state index contributed by atoms with van der Waals surface area (Å²) in [5, 5.41) is 2.93. The molecule has 0 aliphatic rings. The Morgan fingerprint density at radius 1 is 1.22 bits per heavy atom. The Bertz CT molecular complexity index is 730. The van der Waals surface area contributed by atoms with Gasteiger partial charge in [0.2, 0.25) is 0 Å². The fourth-order valence-corrected chi connectivity index (χ4v) is 2.52. The van der Waals surface area contributed by atoms with Gasteiger partial charge in [0, 0.05) is 10.7 Å². The van der Waals surface area contributed by atoms with Crippen LogP contribution in [-0.4, -0.2) is 24.0 Å². The second-order valence-corrected chi connectivity index (χ2v) is 6.33. The van der Waals surface area contributed by atoms with Gasteiger partial charge in [-0.2, -0.15) is 0 Å². The van der Waals surface area contributed by atoms with Gasteiger partial charge in [0.15, 0.2) is 0 Å². The second-order valence-electron chi connectivity index (χ2n) is 5.48. The highest BCUT2D eigenvalue weighted by Crippen LogP contribution is 2.22. The Kier molecular flexibility index (Phi) is 5.15. The summed E-state index contributed by atoms with van der Waals surface area (Å²) in [5.74, 6) is -0.797. The van der Waals surface area contributed by atoms with E-state index in [1.807, 2.05) is 32.0 Å². The number of amides is 1. The number of nitrogens with one attached hydrogen (secondary N) is 1. The summed E-state index contributed by atoms with van der Waals surface area (Å²) in [6.45, 7) is 3.73. The van der Waals surface area contributed by atoms with Gasteiger partial charge in [0.25, 0.3) is 5.91 Å². The molecular formula is C17H17BrN2O3. The van der Waals surface area contributed by atoms with Crippen LogP contribution >= 0.6 is 15.9 Å². The van der Waals surface area contributed by atoms with Crippen LogP contribution in [0.3, 0.4) is 0 Å². The lowest BCUT2D eigenvalue weighted by Crippen LogP contribution is -2.41. The molecule has 23 heavy (non-hydrogen) atoms. The first kappa shape index (κ1) is 17.1. The summed E-state index contributed by atoms with van der Waals surface area (Å²) in [4.78, 5) is 28.5. The number of aromatic nitrogens is 1. The summed E-state index contributed by atoms with van der Waals surface area (Å²) in [6, 6.07) is 10.3. The van der Waals surface area contributed by atoms with E-state index in [-0.39, 0.29) is 5.91 Å². The molecule has 1 N–H and O–H groups in total. The van der Waals surface area contributed by atoms with Crippen LogP contribution < -0.4 is 5.32 Å². The van der Waals surface area contributed by atoms with Gasteiger partial charge in [-0.05, 0) is 60.1 Å². The van der Waals surface area contributed by atoms with Crippen LogP contribution in [0.25, 0.3) is 0 Å². The predicted molar refractivity (Wildman–Crippen MR) is 90.2 cm³/mol. The number of carbonyl (C=O) groups excluding carboxylic acids is 2. The molecule has 0 unspecified atom stereocenters. The number of ether oxygens (including phenoxy) is 1. The van der Waals surface area contributed by atoms with Crippen molar-refractivity contribution in [3.05, 3.63) is 63.9 Å². The van der Waals surface area contributed by atoms with Crippen LogP contribution in [-0.2, 0) is 10.3 Å². The fraction of sp³-hybridized carbons (Fsp3) is 0.235. The van der Waals surface area contributed by atoms with Crippen LogP contribution in [0.4, 0.5) is 0 Å². The van der Waals surface area contributed by atoms with Gasteiger partial charge in [-0.25, -0.2) is 4.79 Å². The van der Waals surface area contributed by atoms with Crippen molar-refractivity contribution in [1.82, 2.24) is 10.3 Å². The highest BCUT2D eigenvalue weighted by atomic mass is 79.9. The lowest BCUT2D eigenvalue weighted by Gasteiger charge is -2.26. The van der Waals surface area contributed by atoms with Crippen molar-refractivity contribution in [2.24, 2.45) is 0 Å². The van der Waals surface area contributed by atoms with E-state index in [0.29, 0.717) is 15.6 Å². The summed E-state index contributed by atoms with van der Waals surface area (Å²) in [7, 11) is 1.30. The molecule has 2 aromatic rings. The van der Waals surface area contributed by atoms with E-state index in [9.17, 15) is 9.59 Å². The van der Waals surface area contributed by atoms with Crippen LogP contribution in [0.1, 0.15) is 40.3 Å². The number of hydrogen-bond donors (Lipinski definition) is 1. The standard InChI is InChI=1S/C17H17BrN2O3/c1-17(2,14-6-4-5-9-19-14)20-15(21)12-10-11(16(22)23-3)7-8-13(12)18/h4-10H,1-3H3,(H,20,21). The number of methoxy groups -OCH3 is 1. The zero-order valence-electron chi connectivity index (χ0n) is 13.1. The maximum absolute atomic E-state index is 12.6. The third kappa shape index (κ3) is 3.96. The van der Waals surface area contributed by atoms with Gasteiger partial charge in [0.1, 0.15) is 0 Å². The number of halogens is 1. The molecule has 0 fully saturated rings. The highest BCUT2D eigenvalue weighted by Gasteiger charge is 2.26. The average Bonchev–Trinajstić information content (AvgIpc) is 2.55. The Morgan fingerprint density at radius 3 is 2.57 bits per heavy atom. The van der Waals surface area contributed by atoms with Gasteiger partial charge in [-0.1, -0.05) is 6.07 Å². The molecule has 0 saturated carbocycles. The van der Waals surface area contributed by atoms with Crippen LogP contribution in [0, 0.1) is 0 Å². The van der Waals surface area contributed by atoms with Gasteiger partial charge in [0.05, 0.1) is 29.5 Å². The Hall–Kier alpha value is -2.21. The molecular weight excluding hydrogens is 360 g/mol. The van der Waals surface area contributed by atoms with Crippen molar-refractivity contribution in [1.29, 1.82) is 0 Å². The van der Waals surface area contributed by atoms with Crippen molar-refractivity contribution in [3.63, 3.8) is 0 Å². The molecule has 5 nitrogen and oxygen atoms in total. The summed E-state index contributed by atoms with van der Waals surface area (Å²) in [6.07, 6.45) is 1.68. The van der Waals surface area contributed by atoms with E-state index < -0.39 is 11.5 Å². The van der Waals surface area contributed by atoms with Crippen LogP contribution in [0.15, 0.2) is 47.1 Å². The molecule has 0 spiro atoms. The van der Waals surface area contributed by atoms with Gasteiger partial charge >= 0.3 is 5.97 Å². The number of benzene rings is 1. The predicted octanol–water partition coefficient (Wildman–Crippen LogP) is 3.30. The molecule has 0 radical (unpaired) electrons. The zero-order chi connectivity index (χ0) is 17.0. The van der Waals surface area contributed by atoms with E-state index in [1.165, 1.54) is 13.2 Å². The first-order valence-corrected chi connectivity index (χ1v) is 7.76. The minimum atomic E-state index is -0.654. The number of pyridine rings is 1. The molecule has 0 aliphatic heterocycles. The first-order valence-electron chi connectivity index (χ1n) is 6.97. The molecule has 1 heterocycles. The Labute approximate surface area is 143 Å². The van der Waals surface area contributed by atoms with Gasteiger partial charge in [-0.15, -0.1) is 0 Å². The van der Waals surface area contributed by atoms with Gasteiger partial charge < -0.3 is 10.1 Å². The Morgan fingerprint density at radius 2 is 1.96 bits per heavy atom. The van der Waals surface area contributed by atoms with Crippen LogP contribution in [0.2, 0.25) is 0 Å². The molecule has 0 bridgehead atoms. The van der Waals surface area contributed by atoms with E-state index in [1.54, 1.807) is 18.3 Å². The fourth-order valence-electron chi connectivity index (χ4n) is 2.09. The number of hydrogen-bond acceptors (Lipinski definition) is 4. The Balaban J connectivity index is 2.29. The molecule has 120 valence electrons. The third-order valence-corrected chi connectivity index (χ3v) is 4.05. The SMILES string of the molecule is COC(=O)c1ccc(Br)c(C(=O)NC(C)(C)c2ccccn2)c1. The minimum Gasteiger partial charge on any atom is -0.465 e. The van der Waals surface area contributed by atoms with E-state index >= 15 is 0 Å². The smallest absolute Gasteiger partial charge is 0.337 e. The molecule has 0 saturated heterocycles. The van der Waals surface area contributed by atoms with E-state index in [2.05, 4.69) is 31.0 Å². The largest absolute Gasteiger partial charge is 0.465 e. The number of rotatable bonds is 4. The molecule has 1 amide bonds. The average molecular weight is 377 g/mol. The quantitative estimate of drug-likeness (QED) is 0.831. The van der Waals surface area contributed by atoms with E-state index in [4.69, 9.17) is 0 Å². The second kappa shape index (κ2) is 6.91. The zero-order valence-corrected chi connectivity index (χ0v) is 14.7. The number of carbonyl (C=O) groups is 2. The monoisotopic (exact) mass is 376 g/mol. The van der Waals surface area contributed by atoms with Crippen molar-refractivity contribution < 1.29 is 14.3 Å². The first-order chi connectivity index (χ1) is 10.8. The molecule has 6 heteroatoms. The van der Waals surface area contributed by atoms with Crippen molar-refractivity contribution in [3.8, 4) is 0 Å². The lowest BCUT2D eigenvalue weighted by atomic mass is 9.99. The van der Waals surface area contributed by atoms with E-state index in [0.717, 1.165) is 5.69 Å². The van der Waals surface area contributed by atoms with Crippen molar-refractivity contribution in [2.75, 3.05) is 7.11 Å².